The molecule has 3 aromatic carbocycles. The van der Waals surface area contributed by atoms with Gasteiger partial charge in [-0.1, -0.05) is 97.9 Å². The first-order valence-corrected chi connectivity index (χ1v) is 9.21. The van der Waals surface area contributed by atoms with E-state index in [1.54, 1.807) is 0 Å². The third-order valence-electron chi connectivity index (χ3n) is 4.68. The fourth-order valence-corrected chi connectivity index (χ4v) is 3.44. The summed E-state index contributed by atoms with van der Waals surface area (Å²) < 4.78 is 6.49. The van der Waals surface area contributed by atoms with Crippen molar-refractivity contribution in [3.05, 3.63) is 108 Å². The van der Waals surface area contributed by atoms with Crippen molar-refractivity contribution in [2.24, 2.45) is 0 Å². The number of hydrogen-bond donors (Lipinski definition) is 1. The van der Waals surface area contributed by atoms with Gasteiger partial charge in [-0.3, -0.25) is 0 Å². The van der Waals surface area contributed by atoms with Crippen molar-refractivity contribution in [2.45, 2.75) is 31.2 Å². The lowest BCUT2D eigenvalue weighted by molar-refractivity contribution is -0.213. The number of benzene rings is 3. The summed E-state index contributed by atoms with van der Waals surface area (Å²) in [7, 11) is 0. The van der Waals surface area contributed by atoms with Gasteiger partial charge in [0.15, 0.2) is 0 Å². The van der Waals surface area contributed by atoms with Crippen LogP contribution in [-0.2, 0) is 10.3 Å². The molecule has 0 heterocycles. The highest BCUT2D eigenvalue weighted by Gasteiger charge is 2.44. The molecule has 0 spiro atoms. The third-order valence-corrected chi connectivity index (χ3v) is 4.68. The highest BCUT2D eigenvalue weighted by molar-refractivity contribution is 5.47. The number of rotatable bonds is 7. The Morgan fingerprint density at radius 3 is 1.44 bits per heavy atom. The van der Waals surface area contributed by atoms with Crippen LogP contribution in [0.4, 0.5) is 0 Å². The molecule has 1 N–H and O–H groups in total. The summed E-state index contributed by atoms with van der Waals surface area (Å²) in [5, 5.41) is 11.1. The molecule has 0 aliphatic rings. The molecule has 3 rings (SSSR count). The van der Waals surface area contributed by atoms with Gasteiger partial charge in [0.05, 0.1) is 0 Å². The second-order valence-corrected chi connectivity index (χ2v) is 6.56. The van der Waals surface area contributed by atoms with E-state index in [-0.39, 0.29) is 0 Å². The van der Waals surface area contributed by atoms with Crippen LogP contribution < -0.4 is 0 Å². The van der Waals surface area contributed by atoms with Gasteiger partial charge < -0.3 is 9.84 Å². The summed E-state index contributed by atoms with van der Waals surface area (Å²) in [5.74, 6) is 0.793. The lowest BCUT2D eigenvalue weighted by Crippen LogP contribution is -2.43. The van der Waals surface area contributed by atoms with Crippen LogP contribution in [0, 0.1) is 12.3 Å². The Hall–Kier alpha value is -2.86. The van der Waals surface area contributed by atoms with E-state index in [9.17, 15) is 5.11 Å². The largest absolute Gasteiger partial charge is 0.356 e. The molecular formula is C25H24O2. The van der Waals surface area contributed by atoms with Crippen LogP contribution in [0.5, 0.6) is 0 Å². The maximum absolute atomic E-state index is 11.1. The van der Waals surface area contributed by atoms with Gasteiger partial charge in [0.1, 0.15) is 5.60 Å². The minimum absolute atomic E-state index is 0.345. The molecular weight excluding hydrogens is 332 g/mol. The molecule has 136 valence electrons. The molecule has 3 aromatic rings. The molecule has 0 fully saturated rings. The van der Waals surface area contributed by atoms with E-state index < -0.39 is 11.4 Å². The number of ether oxygens (including phenoxy) is 1. The first-order valence-electron chi connectivity index (χ1n) is 9.21. The predicted octanol–water partition coefficient (Wildman–Crippen LogP) is 5.12. The Morgan fingerprint density at radius 1 is 0.778 bits per heavy atom. The second-order valence-electron chi connectivity index (χ2n) is 6.56. The minimum Gasteiger partial charge on any atom is -0.356 e. The normalized spacial score (nSPS) is 13.5. The first-order chi connectivity index (χ1) is 13.1. The van der Waals surface area contributed by atoms with Crippen LogP contribution in [0.1, 0.15) is 36.5 Å². The van der Waals surface area contributed by atoms with Crippen LogP contribution in [-0.4, -0.2) is 10.9 Å². The molecule has 0 aromatic heterocycles. The number of aliphatic hydroxyl groups is 1. The van der Waals surface area contributed by atoms with Crippen LogP contribution in [0.2, 0.25) is 0 Å². The first kappa shape index (κ1) is 18.9. The molecule has 2 nitrogen and oxygen atoms in total. The van der Waals surface area contributed by atoms with Crippen molar-refractivity contribution >= 4 is 0 Å². The summed E-state index contributed by atoms with van der Waals surface area (Å²) in [6.07, 6.45) is 6.76. The van der Waals surface area contributed by atoms with E-state index in [2.05, 4.69) is 5.92 Å². The van der Waals surface area contributed by atoms with Crippen molar-refractivity contribution in [1.29, 1.82) is 0 Å². The highest BCUT2D eigenvalue weighted by atomic mass is 16.6. The molecule has 0 radical (unpaired) electrons. The zero-order valence-electron chi connectivity index (χ0n) is 15.5. The highest BCUT2D eigenvalue weighted by Crippen LogP contribution is 2.43. The summed E-state index contributed by atoms with van der Waals surface area (Å²) in [6, 6.07) is 29.7. The van der Waals surface area contributed by atoms with Crippen LogP contribution in [0.3, 0.4) is 0 Å². The van der Waals surface area contributed by atoms with Crippen LogP contribution in [0.15, 0.2) is 91.0 Å². The quantitative estimate of drug-likeness (QED) is 0.362. The Morgan fingerprint density at radius 2 is 1.15 bits per heavy atom. The minimum atomic E-state index is -1.68. The van der Waals surface area contributed by atoms with E-state index in [1.165, 1.54) is 0 Å². The van der Waals surface area contributed by atoms with E-state index in [0.29, 0.717) is 12.8 Å². The van der Waals surface area contributed by atoms with Crippen LogP contribution in [0.25, 0.3) is 0 Å². The Balaban J connectivity index is 2.31. The average molecular weight is 356 g/mol. The van der Waals surface area contributed by atoms with Gasteiger partial charge in [-0.15, -0.1) is 6.42 Å². The van der Waals surface area contributed by atoms with E-state index in [0.717, 1.165) is 16.7 Å². The third kappa shape index (κ3) is 3.80. The van der Waals surface area contributed by atoms with Crippen molar-refractivity contribution in [3.63, 3.8) is 0 Å². The fraction of sp³-hybridized carbons (Fsp3) is 0.200. The molecule has 0 aliphatic carbocycles. The Bertz CT molecular complexity index is 785. The zero-order valence-corrected chi connectivity index (χ0v) is 15.5. The van der Waals surface area contributed by atoms with E-state index >= 15 is 0 Å². The molecule has 0 saturated carbocycles. The lowest BCUT2D eigenvalue weighted by atomic mass is 9.79. The monoisotopic (exact) mass is 356 g/mol. The molecule has 2 heteroatoms. The maximum Gasteiger partial charge on any atom is 0.232 e. The van der Waals surface area contributed by atoms with Crippen molar-refractivity contribution in [2.75, 3.05) is 0 Å². The molecule has 0 amide bonds. The SMILES string of the molecule is C#CC(O)(CCC)OC(c1ccccc1)(c1ccccc1)c1ccccc1. The summed E-state index contributed by atoms with van der Waals surface area (Å²) in [4.78, 5) is 0. The summed E-state index contributed by atoms with van der Waals surface area (Å²) >= 11 is 0. The lowest BCUT2D eigenvalue weighted by Gasteiger charge is -2.40. The molecule has 1 unspecified atom stereocenters. The van der Waals surface area contributed by atoms with Crippen molar-refractivity contribution in [1.82, 2.24) is 0 Å². The number of terminal acetylenes is 1. The van der Waals surface area contributed by atoms with Crippen LogP contribution >= 0.6 is 0 Å². The fourth-order valence-electron chi connectivity index (χ4n) is 3.44. The molecule has 0 bridgehead atoms. The molecule has 0 aliphatic heterocycles. The molecule has 0 saturated heterocycles. The molecule has 27 heavy (non-hydrogen) atoms. The van der Waals surface area contributed by atoms with E-state index in [1.807, 2.05) is 97.9 Å². The second kappa shape index (κ2) is 8.22. The zero-order chi connectivity index (χ0) is 19.2. The van der Waals surface area contributed by atoms with Crippen molar-refractivity contribution in [3.8, 4) is 12.3 Å². The summed E-state index contributed by atoms with van der Waals surface area (Å²) in [6.45, 7) is 1.97. The van der Waals surface area contributed by atoms with Gasteiger partial charge in [0.25, 0.3) is 0 Å². The Labute approximate surface area is 161 Å². The smallest absolute Gasteiger partial charge is 0.232 e. The number of hydrogen-bond acceptors (Lipinski definition) is 2. The van der Waals surface area contributed by atoms with Gasteiger partial charge in [-0.05, 0) is 29.0 Å². The van der Waals surface area contributed by atoms with Gasteiger partial charge in [0, 0.05) is 6.42 Å². The topological polar surface area (TPSA) is 29.5 Å². The predicted molar refractivity (Wildman–Crippen MR) is 109 cm³/mol. The average Bonchev–Trinajstić information content (AvgIpc) is 2.74. The van der Waals surface area contributed by atoms with Gasteiger partial charge in [-0.2, -0.15) is 0 Å². The maximum atomic E-state index is 11.1. The van der Waals surface area contributed by atoms with Gasteiger partial charge in [0.2, 0.25) is 5.79 Å². The summed E-state index contributed by atoms with van der Waals surface area (Å²) in [5.41, 5.74) is 1.70. The van der Waals surface area contributed by atoms with Crippen molar-refractivity contribution < 1.29 is 9.84 Å². The van der Waals surface area contributed by atoms with Gasteiger partial charge >= 0.3 is 0 Å². The standard InChI is InChI=1S/C25H24O2/c1-3-20-24(26,4-2)27-25(21-14-8-5-9-15-21,22-16-10-6-11-17-22)23-18-12-7-13-19-23/h2,5-19,26H,3,20H2,1H3. The Kier molecular flexibility index (Phi) is 5.76. The molecule has 1 atom stereocenters. The van der Waals surface area contributed by atoms with E-state index in [4.69, 9.17) is 11.2 Å². The van der Waals surface area contributed by atoms with Gasteiger partial charge in [-0.25, -0.2) is 0 Å².